The van der Waals surface area contributed by atoms with E-state index in [1.165, 1.54) is 12.8 Å². The largest absolute Gasteiger partial charge is 0.481 e. The van der Waals surface area contributed by atoms with Crippen LogP contribution in [-0.2, 0) is 0 Å². The van der Waals surface area contributed by atoms with Gasteiger partial charge in [0.15, 0.2) is 0 Å². The molecule has 5 nitrogen and oxygen atoms in total. The number of nitrogens with zero attached hydrogens (tertiary/aromatic N) is 3. The van der Waals surface area contributed by atoms with Gasteiger partial charge in [-0.15, -0.1) is 0 Å². The molecule has 0 amide bonds. The van der Waals surface area contributed by atoms with Crippen molar-refractivity contribution in [3.05, 3.63) is 12.4 Å². The second-order valence-electron chi connectivity index (χ2n) is 3.99. The van der Waals surface area contributed by atoms with E-state index in [4.69, 9.17) is 10.5 Å². The number of hydrogen-bond acceptors (Lipinski definition) is 5. The Balaban J connectivity index is 2.10. The average molecular weight is 222 g/mol. The predicted molar refractivity (Wildman–Crippen MR) is 62.6 cm³/mol. The maximum atomic E-state index is 5.55. The van der Waals surface area contributed by atoms with E-state index in [0.29, 0.717) is 18.5 Å². The van der Waals surface area contributed by atoms with Crippen LogP contribution >= 0.6 is 0 Å². The minimum atomic E-state index is 0.614. The molecule has 0 unspecified atom stereocenters. The first-order valence-electron chi connectivity index (χ1n) is 5.68. The number of aromatic nitrogens is 2. The summed E-state index contributed by atoms with van der Waals surface area (Å²) in [6, 6.07) is 2.51. The SMILES string of the molecule is COc1cc(N(CCCN)C2CC2)ncn1. The zero-order valence-corrected chi connectivity index (χ0v) is 9.59. The van der Waals surface area contributed by atoms with Gasteiger partial charge in [-0.25, -0.2) is 9.97 Å². The molecule has 0 bridgehead atoms. The Morgan fingerprint density at radius 2 is 2.31 bits per heavy atom. The highest BCUT2D eigenvalue weighted by Gasteiger charge is 2.29. The number of nitrogens with two attached hydrogens (primary N) is 1. The number of hydrogen-bond donors (Lipinski definition) is 1. The van der Waals surface area contributed by atoms with Gasteiger partial charge in [0.1, 0.15) is 12.1 Å². The van der Waals surface area contributed by atoms with Crippen molar-refractivity contribution >= 4 is 5.82 Å². The quantitative estimate of drug-likeness (QED) is 0.771. The molecule has 1 aliphatic rings. The highest BCUT2D eigenvalue weighted by molar-refractivity contribution is 5.43. The molecular weight excluding hydrogens is 204 g/mol. The second kappa shape index (κ2) is 5.12. The summed E-state index contributed by atoms with van der Waals surface area (Å²) in [5.41, 5.74) is 5.55. The normalized spacial score (nSPS) is 14.9. The van der Waals surface area contributed by atoms with Gasteiger partial charge < -0.3 is 15.4 Å². The van der Waals surface area contributed by atoms with E-state index in [-0.39, 0.29) is 0 Å². The lowest BCUT2D eigenvalue weighted by atomic mass is 10.3. The third-order valence-corrected chi connectivity index (χ3v) is 2.72. The lowest BCUT2D eigenvalue weighted by molar-refractivity contribution is 0.396. The molecule has 2 rings (SSSR count). The Labute approximate surface area is 95.6 Å². The molecule has 1 aliphatic carbocycles. The van der Waals surface area contributed by atoms with Gasteiger partial charge in [0.2, 0.25) is 5.88 Å². The van der Waals surface area contributed by atoms with Crippen LogP contribution in [0.5, 0.6) is 5.88 Å². The van der Waals surface area contributed by atoms with E-state index < -0.39 is 0 Å². The molecule has 0 radical (unpaired) electrons. The zero-order chi connectivity index (χ0) is 11.4. The van der Waals surface area contributed by atoms with E-state index in [0.717, 1.165) is 18.8 Å². The average Bonchev–Trinajstić information content (AvgIpc) is 3.14. The van der Waals surface area contributed by atoms with Crippen LogP contribution in [0.1, 0.15) is 19.3 Å². The van der Waals surface area contributed by atoms with Crippen molar-refractivity contribution in [1.29, 1.82) is 0 Å². The Kier molecular flexibility index (Phi) is 3.56. The summed E-state index contributed by atoms with van der Waals surface area (Å²) in [6.07, 6.45) is 5.03. The van der Waals surface area contributed by atoms with Gasteiger partial charge in [0.05, 0.1) is 7.11 Å². The van der Waals surface area contributed by atoms with Crippen LogP contribution < -0.4 is 15.4 Å². The molecule has 2 N–H and O–H groups in total. The Bertz CT molecular complexity index is 341. The minimum absolute atomic E-state index is 0.614. The number of ether oxygens (including phenoxy) is 1. The van der Waals surface area contributed by atoms with Gasteiger partial charge in [0, 0.05) is 18.7 Å². The molecule has 1 saturated carbocycles. The fourth-order valence-electron chi connectivity index (χ4n) is 1.73. The smallest absolute Gasteiger partial charge is 0.218 e. The van der Waals surface area contributed by atoms with Crippen LogP contribution in [0, 0.1) is 0 Å². The summed E-state index contributed by atoms with van der Waals surface area (Å²) in [5.74, 6) is 1.56. The van der Waals surface area contributed by atoms with E-state index >= 15 is 0 Å². The lowest BCUT2D eigenvalue weighted by Crippen LogP contribution is -2.29. The monoisotopic (exact) mass is 222 g/mol. The van der Waals surface area contributed by atoms with Gasteiger partial charge in [-0.3, -0.25) is 0 Å². The molecule has 1 aromatic rings. The van der Waals surface area contributed by atoms with Crippen molar-refractivity contribution in [2.45, 2.75) is 25.3 Å². The van der Waals surface area contributed by atoms with Gasteiger partial charge in [-0.1, -0.05) is 0 Å². The molecule has 0 saturated heterocycles. The van der Waals surface area contributed by atoms with E-state index in [9.17, 15) is 0 Å². The third kappa shape index (κ3) is 2.61. The van der Waals surface area contributed by atoms with E-state index in [1.807, 2.05) is 6.07 Å². The van der Waals surface area contributed by atoms with Gasteiger partial charge in [-0.2, -0.15) is 0 Å². The Morgan fingerprint density at radius 1 is 1.50 bits per heavy atom. The van der Waals surface area contributed by atoms with Crippen LogP contribution in [0.4, 0.5) is 5.82 Å². The van der Waals surface area contributed by atoms with Crippen LogP contribution in [0.3, 0.4) is 0 Å². The number of rotatable bonds is 6. The first kappa shape index (κ1) is 11.1. The molecule has 1 fully saturated rings. The van der Waals surface area contributed by atoms with Crippen molar-refractivity contribution in [3.63, 3.8) is 0 Å². The Hall–Kier alpha value is -1.36. The molecule has 0 spiro atoms. The zero-order valence-electron chi connectivity index (χ0n) is 9.59. The summed E-state index contributed by atoms with van der Waals surface area (Å²) in [7, 11) is 1.62. The first-order chi connectivity index (χ1) is 7.85. The maximum Gasteiger partial charge on any atom is 0.218 e. The summed E-state index contributed by atoms with van der Waals surface area (Å²) in [4.78, 5) is 10.6. The minimum Gasteiger partial charge on any atom is -0.481 e. The first-order valence-corrected chi connectivity index (χ1v) is 5.68. The van der Waals surface area contributed by atoms with Gasteiger partial charge in [0.25, 0.3) is 0 Å². The van der Waals surface area contributed by atoms with E-state index in [2.05, 4.69) is 14.9 Å². The lowest BCUT2D eigenvalue weighted by Gasteiger charge is -2.23. The summed E-state index contributed by atoms with van der Waals surface area (Å²) in [6.45, 7) is 1.67. The molecule has 1 aromatic heterocycles. The summed E-state index contributed by atoms with van der Waals surface area (Å²) < 4.78 is 5.11. The molecule has 1 heterocycles. The second-order valence-corrected chi connectivity index (χ2v) is 3.99. The van der Waals surface area contributed by atoms with Crippen molar-refractivity contribution < 1.29 is 4.74 Å². The highest BCUT2D eigenvalue weighted by atomic mass is 16.5. The van der Waals surface area contributed by atoms with Gasteiger partial charge in [-0.05, 0) is 25.8 Å². The molecule has 0 aromatic carbocycles. The summed E-state index contributed by atoms with van der Waals surface area (Å²) in [5, 5.41) is 0. The Morgan fingerprint density at radius 3 is 2.94 bits per heavy atom. The fourth-order valence-corrected chi connectivity index (χ4v) is 1.73. The number of anilines is 1. The fraction of sp³-hybridized carbons (Fsp3) is 0.636. The molecule has 0 aliphatic heterocycles. The predicted octanol–water partition coefficient (Wildman–Crippen LogP) is 0.803. The van der Waals surface area contributed by atoms with Crippen molar-refractivity contribution in [2.75, 3.05) is 25.1 Å². The van der Waals surface area contributed by atoms with Crippen LogP contribution in [0.2, 0.25) is 0 Å². The van der Waals surface area contributed by atoms with E-state index in [1.54, 1.807) is 13.4 Å². The highest BCUT2D eigenvalue weighted by Crippen LogP contribution is 2.31. The maximum absolute atomic E-state index is 5.55. The third-order valence-electron chi connectivity index (χ3n) is 2.72. The molecule has 88 valence electrons. The van der Waals surface area contributed by atoms with Crippen molar-refractivity contribution in [1.82, 2.24) is 9.97 Å². The topological polar surface area (TPSA) is 64.3 Å². The van der Waals surface area contributed by atoms with Crippen molar-refractivity contribution in [3.8, 4) is 5.88 Å². The van der Waals surface area contributed by atoms with Crippen molar-refractivity contribution in [2.24, 2.45) is 5.73 Å². The summed E-state index contributed by atoms with van der Waals surface area (Å²) >= 11 is 0. The van der Waals surface area contributed by atoms with Crippen LogP contribution in [-0.4, -0.2) is 36.2 Å². The van der Waals surface area contributed by atoms with Crippen LogP contribution in [0.15, 0.2) is 12.4 Å². The molecule has 16 heavy (non-hydrogen) atoms. The standard InChI is InChI=1S/C11H18N4O/c1-16-11-7-10(13-8-14-11)15(6-2-5-12)9-3-4-9/h7-9H,2-6,12H2,1H3. The van der Waals surface area contributed by atoms with Gasteiger partial charge >= 0.3 is 0 Å². The molecule has 0 atom stereocenters. The number of methoxy groups -OCH3 is 1. The molecular formula is C11H18N4O. The molecule has 5 heteroatoms. The van der Waals surface area contributed by atoms with Crippen LogP contribution in [0.25, 0.3) is 0 Å².